The van der Waals surface area contributed by atoms with E-state index in [1.54, 1.807) is 0 Å². The Hall–Kier alpha value is -0.690. The SMILES string of the molecule is CCC(C)(C(=O)NCCCOCCOCCOCCCN)C(C)C. The molecule has 0 saturated heterocycles. The largest absolute Gasteiger partial charge is 0.379 e. The van der Waals surface area contributed by atoms with Gasteiger partial charge in [0.05, 0.1) is 26.4 Å². The van der Waals surface area contributed by atoms with Gasteiger partial charge in [-0.25, -0.2) is 0 Å². The van der Waals surface area contributed by atoms with E-state index in [1.807, 2.05) is 6.92 Å². The highest BCUT2D eigenvalue weighted by atomic mass is 16.5. The first-order chi connectivity index (χ1) is 11.5. The molecule has 1 amide bonds. The van der Waals surface area contributed by atoms with Gasteiger partial charge in [0.25, 0.3) is 0 Å². The van der Waals surface area contributed by atoms with Crippen LogP contribution in [0.4, 0.5) is 0 Å². The third-order valence-corrected chi connectivity index (χ3v) is 4.52. The number of hydrogen-bond acceptors (Lipinski definition) is 5. The maximum Gasteiger partial charge on any atom is 0.226 e. The molecule has 0 bridgehead atoms. The van der Waals surface area contributed by atoms with Crippen LogP contribution in [-0.4, -0.2) is 58.6 Å². The lowest BCUT2D eigenvalue weighted by atomic mass is 9.76. The van der Waals surface area contributed by atoms with Crippen molar-refractivity contribution in [2.24, 2.45) is 17.1 Å². The molecule has 0 aliphatic carbocycles. The Morgan fingerprint density at radius 2 is 1.50 bits per heavy atom. The quantitative estimate of drug-likeness (QED) is 0.418. The number of amides is 1. The van der Waals surface area contributed by atoms with Crippen molar-refractivity contribution in [2.75, 3.05) is 52.7 Å². The second-order valence-electron chi connectivity index (χ2n) is 6.51. The van der Waals surface area contributed by atoms with Gasteiger partial charge in [0, 0.05) is 25.2 Å². The van der Waals surface area contributed by atoms with Crippen molar-refractivity contribution in [3.8, 4) is 0 Å². The van der Waals surface area contributed by atoms with Crippen molar-refractivity contribution in [2.45, 2.75) is 47.0 Å². The second-order valence-corrected chi connectivity index (χ2v) is 6.51. The highest BCUT2D eigenvalue weighted by molar-refractivity contribution is 5.82. The molecular formula is C18H38N2O4. The Labute approximate surface area is 147 Å². The molecule has 0 heterocycles. The molecule has 0 aliphatic heterocycles. The molecule has 3 N–H and O–H groups in total. The molecule has 6 nitrogen and oxygen atoms in total. The summed E-state index contributed by atoms with van der Waals surface area (Å²) in [6.45, 7) is 13.2. The van der Waals surface area contributed by atoms with E-state index >= 15 is 0 Å². The fraction of sp³-hybridized carbons (Fsp3) is 0.944. The van der Waals surface area contributed by atoms with Crippen LogP contribution in [0.25, 0.3) is 0 Å². The molecule has 0 rings (SSSR count). The average Bonchev–Trinajstić information content (AvgIpc) is 2.57. The van der Waals surface area contributed by atoms with Crippen molar-refractivity contribution in [1.82, 2.24) is 5.32 Å². The molecule has 0 fully saturated rings. The minimum atomic E-state index is -0.291. The molecular weight excluding hydrogens is 308 g/mol. The van der Waals surface area contributed by atoms with Crippen molar-refractivity contribution in [1.29, 1.82) is 0 Å². The van der Waals surface area contributed by atoms with E-state index in [0.29, 0.717) is 58.6 Å². The summed E-state index contributed by atoms with van der Waals surface area (Å²) in [5.41, 5.74) is 5.08. The standard InChI is InChI=1S/C18H38N2O4/c1-5-18(4,16(2)3)17(21)20-9-7-11-23-13-15-24-14-12-22-10-6-8-19/h16H,5-15,19H2,1-4H3,(H,20,21). The molecule has 0 aliphatic rings. The van der Waals surface area contributed by atoms with E-state index in [-0.39, 0.29) is 11.3 Å². The fourth-order valence-corrected chi connectivity index (χ4v) is 2.14. The van der Waals surface area contributed by atoms with E-state index in [9.17, 15) is 4.79 Å². The van der Waals surface area contributed by atoms with Crippen molar-refractivity contribution in [3.63, 3.8) is 0 Å². The zero-order valence-corrected chi connectivity index (χ0v) is 16.1. The molecule has 0 saturated carbocycles. The lowest BCUT2D eigenvalue weighted by Crippen LogP contribution is -2.42. The van der Waals surface area contributed by atoms with Crippen LogP contribution in [0.3, 0.4) is 0 Å². The van der Waals surface area contributed by atoms with Crippen LogP contribution in [0.1, 0.15) is 47.0 Å². The van der Waals surface area contributed by atoms with Crippen molar-refractivity contribution < 1.29 is 19.0 Å². The predicted molar refractivity (Wildman–Crippen MR) is 97.0 cm³/mol. The molecule has 0 aromatic rings. The molecule has 0 aromatic carbocycles. The molecule has 0 radical (unpaired) electrons. The predicted octanol–water partition coefficient (Wildman–Crippen LogP) is 1.96. The van der Waals surface area contributed by atoms with Gasteiger partial charge >= 0.3 is 0 Å². The molecule has 24 heavy (non-hydrogen) atoms. The van der Waals surface area contributed by atoms with Gasteiger partial charge in [-0.2, -0.15) is 0 Å². The number of rotatable bonds is 16. The number of hydrogen-bond donors (Lipinski definition) is 2. The molecule has 144 valence electrons. The van der Waals surface area contributed by atoms with Crippen molar-refractivity contribution in [3.05, 3.63) is 0 Å². The van der Waals surface area contributed by atoms with E-state index in [2.05, 4.69) is 26.1 Å². The monoisotopic (exact) mass is 346 g/mol. The van der Waals surface area contributed by atoms with E-state index in [4.69, 9.17) is 19.9 Å². The maximum atomic E-state index is 12.2. The number of nitrogens with one attached hydrogen (secondary N) is 1. The normalized spacial score (nSPS) is 13.9. The highest BCUT2D eigenvalue weighted by Crippen LogP contribution is 2.30. The van der Waals surface area contributed by atoms with Crippen LogP contribution in [0, 0.1) is 11.3 Å². The smallest absolute Gasteiger partial charge is 0.226 e. The minimum absolute atomic E-state index is 0.137. The third-order valence-electron chi connectivity index (χ3n) is 4.52. The van der Waals surface area contributed by atoms with Gasteiger partial charge in [-0.15, -0.1) is 0 Å². The molecule has 0 aromatic heterocycles. The number of carbonyl (C=O) groups is 1. The number of nitrogens with two attached hydrogens (primary N) is 1. The number of carbonyl (C=O) groups excluding carboxylic acids is 1. The lowest BCUT2D eigenvalue weighted by Gasteiger charge is -2.31. The van der Waals surface area contributed by atoms with Crippen LogP contribution < -0.4 is 11.1 Å². The van der Waals surface area contributed by atoms with Crippen LogP contribution in [0.15, 0.2) is 0 Å². The first-order valence-electron chi connectivity index (χ1n) is 9.20. The Morgan fingerprint density at radius 3 is 1.96 bits per heavy atom. The average molecular weight is 347 g/mol. The van der Waals surface area contributed by atoms with E-state index in [1.165, 1.54) is 0 Å². The van der Waals surface area contributed by atoms with Gasteiger partial charge in [-0.05, 0) is 31.7 Å². The summed E-state index contributed by atoms with van der Waals surface area (Å²) in [6, 6.07) is 0. The number of ether oxygens (including phenoxy) is 3. The summed E-state index contributed by atoms with van der Waals surface area (Å²) in [6.07, 6.45) is 2.54. The topological polar surface area (TPSA) is 82.8 Å². The third kappa shape index (κ3) is 10.2. The minimum Gasteiger partial charge on any atom is -0.379 e. The van der Waals surface area contributed by atoms with E-state index < -0.39 is 0 Å². The first kappa shape index (κ1) is 23.3. The van der Waals surface area contributed by atoms with Crippen LogP contribution >= 0.6 is 0 Å². The van der Waals surface area contributed by atoms with E-state index in [0.717, 1.165) is 19.3 Å². The summed E-state index contributed by atoms with van der Waals surface area (Å²) < 4.78 is 16.2. The summed E-state index contributed by atoms with van der Waals surface area (Å²) in [4.78, 5) is 12.2. The molecule has 1 atom stereocenters. The van der Waals surface area contributed by atoms with Gasteiger partial charge in [-0.1, -0.05) is 27.7 Å². The zero-order chi connectivity index (χ0) is 18.3. The lowest BCUT2D eigenvalue weighted by molar-refractivity contribution is -0.132. The molecule has 6 heteroatoms. The van der Waals surface area contributed by atoms with Gasteiger partial charge < -0.3 is 25.3 Å². The fourth-order valence-electron chi connectivity index (χ4n) is 2.14. The Morgan fingerprint density at radius 1 is 1.00 bits per heavy atom. The van der Waals surface area contributed by atoms with Crippen LogP contribution in [0.2, 0.25) is 0 Å². The maximum absolute atomic E-state index is 12.2. The Bertz CT molecular complexity index is 313. The summed E-state index contributed by atoms with van der Waals surface area (Å²) in [5.74, 6) is 0.466. The summed E-state index contributed by atoms with van der Waals surface area (Å²) in [7, 11) is 0. The van der Waals surface area contributed by atoms with Gasteiger partial charge in [0.1, 0.15) is 0 Å². The van der Waals surface area contributed by atoms with Crippen LogP contribution in [0.5, 0.6) is 0 Å². The second kappa shape index (κ2) is 14.6. The highest BCUT2D eigenvalue weighted by Gasteiger charge is 2.34. The summed E-state index contributed by atoms with van der Waals surface area (Å²) in [5, 5.41) is 3.02. The van der Waals surface area contributed by atoms with Crippen molar-refractivity contribution >= 4 is 5.91 Å². The Balaban J connectivity index is 3.44. The molecule has 0 spiro atoms. The van der Waals surface area contributed by atoms with Gasteiger partial charge in [0.2, 0.25) is 5.91 Å². The van der Waals surface area contributed by atoms with Crippen LogP contribution in [-0.2, 0) is 19.0 Å². The first-order valence-corrected chi connectivity index (χ1v) is 9.20. The Kier molecular flexibility index (Phi) is 14.2. The van der Waals surface area contributed by atoms with Gasteiger partial charge in [-0.3, -0.25) is 4.79 Å². The molecule has 1 unspecified atom stereocenters. The summed E-state index contributed by atoms with van der Waals surface area (Å²) >= 11 is 0. The zero-order valence-electron chi connectivity index (χ0n) is 16.1. The van der Waals surface area contributed by atoms with Gasteiger partial charge in [0.15, 0.2) is 0 Å².